The third-order valence-corrected chi connectivity index (χ3v) is 11.5. The number of nitrogens with zero attached hydrogens (tertiary/aromatic N) is 1. The van der Waals surface area contributed by atoms with Crippen LogP contribution in [-0.4, -0.2) is 0 Å². The van der Waals surface area contributed by atoms with Crippen molar-refractivity contribution < 1.29 is 0 Å². The van der Waals surface area contributed by atoms with E-state index in [2.05, 4.69) is 205 Å². The molecule has 2 aliphatic carbocycles. The largest absolute Gasteiger partial charge is 0.310 e. The summed E-state index contributed by atoms with van der Waals surface area (Å²) < 4.78 is 0. The Labute approximate surface area is 303 Å². The van der Waals surface area contributed by atoms with Gasteiger partial charge < -0.3 is 4.90 Å². The lowest BCUT2D eigenvalue weighted by atomic mass is 9.70. The quantitative estimate of drug-likeness (QED) is 0.170. The second kappa shape index (κ2) is 11.2. The highest BCUT2D eigenvalue weighted by Crippen LogP contribution is 2.63. The van der Waals surface area contributed by atoms with Gasteiger partial charge in [0.15, 0.2) is 0 Å². The van der Waals surface area contributed by atoms with Gasteiger partial charge in [0.1, 0.15) is 0 Å². The summed E-state index contributed by atoms with van der Waals surface area (Å²) in [7, 11) is 0. The average molecular weight is 660 g/mol. The molecule has 9 aromatic carbocycles. The molecule has 9 aromatic rings. The predicted molar refractivity (Wildman–Crippen MR) is 218 cm³/mol. The molecule has 1 heteroatoms. The van der Waals surface area contributed by atoms with Crippen LogP contribution in [0.15, 0.2) is 200 Å². The van der Waals surface area contributed by atoms with Gasteiger partial charge in [0.25, 0.3) is 0 Å². The Kier molecular flexibility index (Phi) is 6.23. The van der Waals surface area contributed by atoms with E-state index in [1.54, 1.807) is 0 Å². The number of fused-ring (bicyclic) bond motifs is 13. The molecule has 0 fully saturated rings. The van der Waals surface area contributed by atoms with Crippen molar-refractivity contribution in [3.8, 4) is 33.4 Å². The number of rotatable bonds is 4. The maximum atomic E-state index is 2.47. The van der Waals surface area contributed by atoms with Gasteiger partial charge in [0.2, 0.25) is 0 Å². The van der Waals surface area contributed by atoms with Gasteiger partial charge in [-0.05, 0) is 102 Å². The predicted octanol–water partition coefficient (Wildman–Crippen LogP) is 13.5. The molecule has 0 bridgehead atoms. The van der Waals surface area contributed by atoms with Crippen LogP contribution in [0.25, 0.3) is 54.9 Å². The van der Waals surface area contributed by atoms with Crippen LogP contribution in [-0.2, 0) is 5.41 Å². The Balaban J connectivity index is 1.18. The maximum Gasteiger partial charge on any atom is 0.0725 e. The fourth-order valence-corrected chi connectivity index (χ4v) is 9.31. The zero-order chi connectivity index (χ0) is 34.2. The number of hydrogen-bond acceptors (Lipinski definition) is 1. The summed E-state index contributed by atoms with van der Waals surface area (Å²) in [6.45, 7) is 0. The van der Waals surface area contributed by atoms with Crippen LogP contribution in [0.5, 0.6) is 0 Å². The van der Waals surface area contributed by atoms with E-state index < -0.39 is 0 Å². The standard InChI is InChI=1S/C51H33N/c1-2-14-34(15-3-1)35-26-28-37(29-27-35)52(50-32-36-16-4-5-17-39(36)40-18-6-7-22-44(40)50)38-30-31-49-45(33-38)43-21-10-13-25-48(43)51(49)46-23-11-8-19-41(46)42-20-9-12-24-47(42)51/h1-33H. The van der Waals surface area contributed by atoms with Crippen LogP contribution in [0.1, 0.15) is 22.3 Å². The molecule has 0 aliphatic heterocycles. The first-order chi connectivity index (χ1) is 25.8. The lowest BCUT2D eigenvalue weighted by Crippen LogP contribution is -2.25. The molecule has 242 valence electrons. The SMILES string of the molecule is c1ccc(-c2ccc(N(c3ccc4c(c3)-c3ccccc3C43c4ccccc4-c4ccccc43)c3cc4ccccc4c4ccccc34)cc2)cc1. The summed E-state index contributed by atoms with van der Waals surface area (Å²) in [5, 5.41) is 4.98. The number of hydrogen-bond donors (Lipinski definition) is 0. The van der Waals surface area contributed by atoms with E-state index in [0.717, 1.165) is 11.4 Å². The minimum absolute atomic E-state index is 0.366. The molecule has 0 radical (unpaired) electrons. The molecule has 1 nitrogen and oxygen atoms in total. The molecular weight excluding hydrogens is 627 g/mol. The molecule has 0 atom stereocenters. The number of benzene rings is 9. The van der Waals surface area contributed by atoms with Crippen molar-refractivity contribution >= 4 is 38.6 Å². The van der Waals surface area contributed by atoms with Crippen molar-refractivity contribution in [1.29, 1.82) is 0 Å². The van der Waals surface area contributed by atoms with Gasteiger partial charge in [0.05, 0.1) is 11.1 Å². The van der Waals surface area contributed by atoms with Gasteiger partial charge >= 0.3 is 0 Å². The molecular formula is C51H33N. The molecule has 0 unspecified atom stereocenters. The minimum Gasteiger partial charge on any atom is -0.310 e. The van der Waals surface area contributed by atoms with Crippen molar-refractivity contribution in [2.45, 2.75) is 5.41 Å². The number of anilines is 3. The van der Waals surface area contributed by atoms with Gasteiger partial charge in [-0.1, -0.05) is 170 Å². The third kappa shape index (κ3) is 3.99. The second-order valence-electron chi connectivity index (χ2n) is 14.0. The van der Waals surface area contributed by atoms with Crippen LogP contribution in [0.2, 0.25) is 0 Å². The van der Waals surface area contributed by atoms with Crippen LogP contribution in [0.3, 0.4) is 0 Å². The highest BCUT2D eigenvalue weighted by atomic mass is 15.1. The Hall–Kier alpha value is -6.70. The molecule has 11 rings (SSSR count). The van der Waals surface area contributed by atoms with E-state index in [9.17, 15) is 0 Å². The third-order valence-electron chi connectivity index (χ3n) is 11.5. The van der Waals surface area contributed by atoms with Crippen molar-refractivity contribution in [2.75, 3.05) is 4.90 Å². The first kappa shape index (κ1) is 29.1. The zero-order valence-corrected chi connectivity index (χ0v) is 28.5. The second-order valence-corrected chi connectivity index (χ2v) is 14.0. The Bertz CT molecular complexity index is 2800. The van der Waals surface area contributed by atoms with Crippen molar-refractivity contribution in [3.05, 3.63) is 222 Å². The van der Waals surface area contributed by atoms with Gasteiger partial charge in [-0.25, -0.2) is 0 Å². The molecule has 52 heavy (non-hydrogen) atoms. The topological polar surface area (TPSA) is 3.24 Å². The van der Waals surface area contributed by atoms with Gasteiger partial charge in [-0.15, -0.1) is 0 Å². The zero-order valence-electron chi connectivity index (χ0n) is 28.5. The van der Waals surface area contributed by atoms with Crippen LogP contribution < -0.4 is 4.90 Å². The van der Waals surface area contributed by atoms with E-state index >= 15 is 0 Å². The fraction of sp³-hybridized carbons (Fsp3) is 0.0196. The van der Waals surface area contributed by atoms with E-state index in [4.69, 9.17) is 0 Å². The van der Waals surface area contributed by atoms with E-state index in [1.807, 2.05) is 0 Å². The molecule has 0 saturated heterocycles. The van der Waals surface area contributed by atoms with Crippen molar-refractivity contribution in [2.24, 2.45) is 0 Å². The summed E-state index contributed by atoms with van der Waals surface area (Å²) in [6.07, 6.45) is 0. The van der Waals surface area contributed by atoms with Crippen LogP contribution in [0, 0.1) is 0 Å². The maximum absolute atomic E-state index is 2.47. The molecule has 0 N–H and O–H groups in total. The van der Waals surface area contributed by atoms with Gasteiger partial charge in [-0.2, -0.15) is 0 Å². The molecule has 0 amide bonds. The summed E-state index contributed by atoms with van der Waals surface area (Å²) in [4.78, 5) is 2.47. The van der Waals surface area contributed by atoms with Crippen LogP contribution in [0.4, 0.5) is 17.1 Å². The Morgan fingerprint density at radius 2 is 0.788 bits per heavy atom. The smallest absolute Gasteiger partial charge is 0.0725 e. The van der Waals surface area contributed by atoms with Crippen LogP contribution >= 0.6 is 0 Å². The highest BCUT2D eigenvalue weighted by Gasteiger charge is 2.51. The minimum atomic E-state index is -0.366. The van der Waals surface area contributed by atoms with E-state index in [0.29, 0.717) is 0 Å². The first-order valence-corrected chi connectivity index (χ1v) is 18.1. The lowest BCUT2D eigenvalue weighted by molar-refractivity contribution is 0.794. The Morgan fingerprint density at radius 3 is 1.46 bits per heavy atom. The normalized spacial score (nSPS) is 13.2. The van der Waals surface area contributed by atoms with E-state index in [1.165, 1.54) is 82.9 Å². The molecule has 1 spiro atoms. The molecule has 0 aromatic heterocycles. The lowest BCUT2D eigenvalue weighted by Gasteiger charge is -2.31. The van der Waals surface area contributed by atoms with Gasteiger partial charge in [0, 0.05) is 16.8 Å². The average Bonchev–Trinajstić information content (AvgIpc) is 3.69. The first-order valence-electron chi connectivity index (χ1n) is 18.1. The molecule has 2 aliphatic rings. The van der Waals surface area contributed by atoms with Gasteiger partial charge in [-0.3, -0.25) is 0 Å². The van der Waals surface area contributed by atoms with Crippen molar-refractivity contribution in [1.82, 2.24) is 0 Å². The summed E-state index contributed by atoms with van der Waals surface area (Å²) >= 11 is 0. The van der Waals surface area contributed by atoms with E-state index in [-0.39, 0.29) is 5.41 Å². The monoisotopic (exact) mass is 659 g/mol. The van der Waals surface area contributed by atoms with Crippen molar-refractivity contribution in [3.63, 3.8) is 0 Å². The summed E-state index contributed by atoms with van der Waals surface area (Å²) in [5.74, 6) is 0. The summed E-state index contributed by atoms with van der Waals surface area (Å²) in [6, 6.07) is 74.0. The molecule has 0 saturated carbocycles. The fourth-order valence-electron chi connectivity index (χ4n) is 9.31. The summed E-state index contributed by atoms with van der Waals surface area (Å²) in [5.41, 5.74) is 16.2. The molecule has 0 heterocycles. The highest BCUT2D eigenvalue weighted by molar-refractivity contribution is 6.14. The Morgan fingerprint density at radius 1 is 0.308 bits per heavy atom.